The van der Waals surface area contributed by atoms with Gasteiger partial charge in [0.1, 0.15) is 0 Å². The average molecular weight is 650 g/mol. The molecule has 0 aromatic heterocycles. The molecule has 0 unspecified atom stereocenters. The molecule has 0 bridgehead atoms. The van der Waals surface area contributed by atoms with Gasteiger partial charge in [0.05, 0.1) is 0 Å². The molecule has 0 aliphatic carbocycles. The first-order valence-corrected chi connectivity index (χ1v) is 16.0. The van der Waals surface area contributed by atoms with Crippen LogP contribution in [0.5, 0.6) is 0 Å². The van der Waals surface area contributed by atoms with Gasteiger partial charge in [-0.05, 0) is 12.8 Å². The smallest absolute Gasteiger partial charge is 0.303 e. The standard InChI is InChI=1S/2C16H32O2.Ba/c2*1-2-3-4-5-6-7-8-9-10-11-12-13-14-15-16(17)18;/h2*2-15H2,1H3,(H,17,18);. The van der Waals surface area contributed by atoms with Crippen molar-refractivity contribution in [1.29, 1.82) is 0 Å². The van der Waals surface area contributed by atoms with Crippen LogP contribution in [0.2, 0.25) is 0 Å². The van der Waals surface area contributed by atoms with E-state index in [1.807, 2.05) is 0 Å². The van der Waals surface area contributed by atoms with Gasteiger partial charge in [0.15, 0.2) is 0 Å². The van der Waals surface area contributed by atoms with Crippen molar-refractivity contribution in [1.82, 2.24) is 0 Å². The minimum atomic E-state index is -0.655. The summed E-state index contributed by atoms with van der Waals surface area (Å²) in [4.78, 5) is 20.6. The molecule has 5 heteroatoms. The summed E-state index contributed by atoms with van der Waals surface area (Å²) in [5.41, 5.74) is 0. The molecule has 37 heavy (non-hydrogen) atoms. The Kier molecular flexibility index (Phi) is 43.9. The molecule has 2 N–H and O–H groups in total. The molecule has 0 aromatic rings. The van der Waals surface area contributed by atoms with E-state index in [1.165, 1.54) is 141 Å². The zero-order chi connectivity index (χ0) is 27.0. The van der Waals surface area contributed by atoms with Gasteiger partial charge in [-0.2, -0.15) is 0 Å². The molecule has 0 aliphatic rings. The second kappa shape index (κ2) is 38.7. The van der Waals surface area contributed by atoms with Gasteiger partial charge < -0.3 is 10.2 Å². The second-order valence-electron chi connectivity index (χ2n) is 10.8. The van der Waals surface area contributed by atoms with E-state index in [2.05, 4.69) is 13.8 Å². The first-order valence-electron chi connectivity index (χ1n) is 16.0. The molecule has 0 rings (SSSR count). The predicted molar refractivity (Wildman–Crippen MR) is 162 cm³/mol. The largest absolute Gasteiger partial charge is 0.481 e. The Labute approximate surface area is 272 Å². The van der Waals surface area contributed by atoms with Crippen LogP contribution in [0.15, 0.2) is 0 Å². The Hall–Kier alpha value is 0.511. The van der Waals surface area contributed by atoms with Crippen LogP contribution in [-0.2, 0) is 9.59 Å². The van der Waals surface area contributed by atoms with Crippen LogP contribution in [0.25, 0.3) is 0 Å². The van der Waals surface area contributed by atoms with Gasteiger partial charge in [0.2, 0.25) is 0 Å². The van der Waals surface area contributed by atoms with Crippen molar-refractivity contribution in [3.8, 4) is 0 Å². The first-order chi connectivity index (χ1) is 17.5. The van der Waals surface area contributed by atoms with Gasteiger partial charge in [-0.25, -0.2) is 0 Å². The monoisotopic (exact) mass is 650 g/mol. The maximum Gasteiger partial charge on any atom is 0.303 e. The van der Waals surface area contributed by atoms with Crippen LogP contribution in [0.3, 0.4) is 0 Å². The van der Waals surface area contributed by atoms with Gasteiger partial charge in [0, 0.05) is 61.7 Å². The van der Waals surface area contributed by atoms with Crippen molar-refractivity contribution in [2.24, 2.45) is 0 Å². The topological polar surface area (TPSA) is 74.6 Å². The van der Waals surface area contributed by atoms with Crippen molar-refractivity contribution in [2.75, 3.05) is 0 Å². The number of rotatable bonds is 28. The van der Waals surface area contributed by atoms with Gasteiger partial charge in [-0.3, -0.25) is 9.59 Å². The zero-order valence-electron chi connectivity index (χ0n) is 25.2. The minimum absolute atomic E-state index is 0. The Morgan fingerprint density at radius 2 is 0.514 bits per heavy atom. The number of hydrogen-bond acceptors (Lipinski definition) is 2. The summed E-state index contributed by atoms with van der Waals surface area (Å²) in [6.45, 7) is 4.52. The van der Waals surface area contributed by atoms with E-state index in [9.17, 15) is 9.59 Å². The van der Waals surface area contributed by atoms with Crippen LogP contribution in [0, 0.1) is 0 Å². The number of aliphatic carboxylic acids is 2. The summed E-state index contributed by atoms with van der Waals surface area (Å²) >= 11 is 0. The quantitative estimate of drug-likeness (QED) is 0.0653. The molecule has 0 atom stereocenters. The van der Waals surface area contributed by atoms with Crippen LogP contribution < -0.4 is 0 Å². The molecular weight excluding hydrogens is 586 g/mol. The Morgan fingerprint density at radius 1 is 0.351 bits per heavy atom. The van der Waals surface area contributed by atoms with Crippen LogP contribution >= 0.6 is 0 Å². The molecule has 0 aliphatic heterocycles. The zero-order valence-corrected chi connectivity index (χ0v) is 29.7. The van der Waals surface area contributed by atoms with E-state index in [0.29, 0.717) is 12.8 Å². The fraction of sp³-hybridized carbons (Fsp3) is 0.938. The number of hydrogen-bond donors (Lipinski definition) is 2. The molecule has 218 valence electrons. The van der Waals surface area contributed by atoms with Gasteiger partial charge >= 0.3 is 11.9 Å². The number of carboxylic acid groups (broad SMARTS) is 2. The summed E-state index contributed by atoms with van der Waals surface area (Å²) < 4.78 is 0. The molecule has 0 amide bonds. The fourth-order valence-electron chi connectivity index (χ4n) is 4.59. The van der Waals surface area contributed by atoms with Gasteiger partial charge in [0.25, 0.3) is 0 Å². The summed E-state index contributed by atoms with van der Waals surface area (Å²) in [6.07, 6.45) is 34.5. The second-order valence-corrected chi connectivity index (χ2v) is 10.8. The summed E-state index contributed by atoms with van der Waals surface area (Å²) in [5, 5.41) is 17.0. The van der Waals surface area contributed by atoms with E-state index in [1.54, 1.807) is 0 Å². The van der Waals surface area contributed by atoms with E-state index < -0.39 is 11.9 Å². The molecular formula is C32H64BaO4. The number of carbonyl (C=O) groups is 2. The summed E-state index contributed by atoms with van der Waals surface area (Å²) in [7, 11) is 0. The van der Waals surface area contributed by atoms with Crippen molar-refractivity contribution in [3.63, 3.8) is 0 Å². The van der Waals surface area contributed by atoms with Gasteiger partial charge in [-0.1, -0.05) is 168 Å². The predicted octanol–water partition coefficient (Wildman–Crippen LogP) is 10.7. The third kappa shape index (κ3) is 46.7. The molecule has 4 nitrogen and oxygen atoms in total. The maximum atomic E-state index is 10.3. The Bertz CT molecular complexity index is 403. The van der Waals surface area contributed by atoms with Gasteiger partial charge in [-0.15, -0.1) is 0 Å². The van der Waals surface area contributed by atoms with Crippen LogP contribution in [0.4, 0.5) is 0 Å². The summed E-state index contributed by atoms with van der Waals surface area (Å²) in [5.74, 6) is -1.31. The summed E-state index contributed by atoms with van der Waals surface area (Å²) in [6, 6.07) is 0. The molecule has 0 fully saturated rings. The molecule has 0 saturated heterocycles. The molecule has 0 heterocycles. The average Bonchev–Trinajstić information content (AvgIpc) is 2.85. The molecule has 0 saturated carbocycles. The fourth-order valence-corrected chi connectivity index (χ4v) is 4.59. The molecule has 2 radical (unpaired) electrons. The van der Waals surface area contributed by atoms with E-state index >= 15 is 0 Å². The number of carboxylic acids is 2. The minimum Gasteiger partial charge on any atom is -0.481 e. The molecule has 0 aromatic carbocycles. The van der Waals surface area contributed by atoms with Crippen LogP contribution in [0.1, 0.15) is 194 Å². The van der Waals surface area contributed by atoms with Crippen molar-refractivity contribution >= 4 is 60.8 Å². The SMILES string of the molecule is CCCCCCCCCCCCCCCC(=O)O.CCCCCCCCCCCCCCCC(=O)O.[Ba]. The van der Waals surface area contributed by atoms with Crippen molar-refractivity contribution in [2.45, 2.75) is 194 Å². The van der Waals surface area contributed by atoms with Crippen LogP contribution in [-0.4, -0.2) is 71.0 Å². The van der Waals surface area contributed by atoms with E-state index in [-0.39, 0.29) is 48.9 Å². The first kappa shape index (κ1) is 42.0. The van der Waals surface area contributed by atoms with Crippen molar-refractivity contribution < 1.29 is 19.8 Å². The van der Waals surface area contributed by atoms with E-state index in [0.717, 1.165) is 25.7 Å². The van der Waals surface area contributed by atoms with Crippen molar-refractivity contribution in [3.05, 3.63) is 0 Å². The molecule has 0 spiro atoms. The maximum absolute atomic E-state index is 10.3. The Balaban J connectivity index is -0.000000608. The Morgan fingerprint density at radius 3 is 0.676 bits per heavy atom. The normalized spacial score (nSPS) is 10.4. The third-order valence-corrected chi connectivity index (χ3v) is 6.99. The third-order valence-electron chi connectivity index (χ3n) is 6.99. The number of unbranched alkanes of at least 4 members (excludes halogenated alkanes) is 24. The van der Waals surface area contributed by atoms with E-state index in [4.69, 9.17) is 10.2 Å².